The molecule has 11 heteroatoms. The molecule has 0 spiro atoms. The number of nitrogens with one attached hydrogen (secondary N) is 1. The number of rotatable bonds is 4. The summed E-state index contributed by atoms with van der Waals surface area (Å²) in [6.07, 6.45) is 0. The maximum Gasteiger partial charge on any atom is 0.492 e. The van der Waals surface area contributed by atoms with Crippen molar-refractivity contribution in [1.82, 2.24) is 20.2 Å². The monoisotopic (exact) mass is 360 g/mol. The van der Waals surface area contributed by atoms with E-state index in [9.17, 15) is 14.9 Å². The smallest absolute Gasteiger partial charge is 0.390 e. The number of carbonyl (C=O) groups is 1. The zero-order valence-corrected chi connectivity index (χ0v) is 12.6. The zero-order chi connectivity index (χ0) is 14.9. The first-order valence-corrected chi connectivity index (χ1v) is 6.88. The molecule has 0 fully saturated rings. The summed E-state index contributed by atoms with van der Waals surface area (Å²) in [6.45, 7) is 2.11. The van der Waals surface area contributed by atoms with Gasteiger partial charge < -0.3 is 10.1 Å². The van der Waals surface area contributed by atoms with Crippen LogP contribution in [0.3, 0.4) is 0 Å². The fourth-order valence-corrected chi connectivity index (χ4v) is 2.81. The van der Waals surface area contributed by atoms with Crippen LogP contribution < -0.4 is 11.3 Å². The van der Waals surface area contributed by atoms with E-state index in [4.69, 9.17) is 5.84 Å². The number of carbonyl (C=O) groups excluding carboxylic acids is 1. The summed E-state index contributed by atoms with van der Waals surface area (Å²) in [6, 6.07) is 1.67. The third-order valence-electron chi connectivity index (χ3n) is 2.47. The lowest BCUT2D eigenvalue weighted by atomic mass is 10.2. The van der Waals surface area contributed by atoms with Crippen molar-refractivity contribution in [2.45, 2.75) is 13.5 Å². The highest BCUT2D eigenvalue weighted by Gasteiger charge is 2.21. The van der Waals surface area contributed by atoms with E-state index in [0.717, 1.165) is 10.4 Å². The molecule has 0 aliphatic carbocycles. The highest BCUT2D eigenvalue weighted by molar-refractivity contribution is 9.10. The lowest BCUT2D eigenvalue weighted by Crippen LogP contribution is -2.29. The number of aryl methyl sites for hydroxylation is 1. The Morgan fingerprint density at radius 2 is 2.40 bits per heavy atom. The van der Waals surface area contributed by atoms with E-state index in [1.165, 1.54) is 16.0 Å². The molecule has 106 valence electrons. The van der Waals surface area contributed by atoms with Gasteiger partial charge in [-0.05, 0) is 28.5 Å². The molecule has 1 amide bonds. The van der Waals surface area contributed by atoms with Crippen molar-refractivity contribution in [3.63, 3.8) is 0 Å². The maximum absolute atomic E-state index is 11.4. The molecule has 2 aromatic rings. The van der Waals surface area contributed by atoms with Gasteiger partial charge in [0, 0.05) is 25.9 Å². The molecule has 0 aromatic carbocycles. The molecule has 0 aliphatic rings. The predicted octanol–water partition coefficient (Wildman–Crippen LogP) is 0.971. The molecular weight excluding hydrogens is 352 g/mol. The normalized spacial score (nSPS) is 10.6. The molecule has 0 aliphatic heterocycles. The Balaban J connectivity index is 2.28. The largest absolute Gasteiger partial charge is 0.492 e. The van der Waals surface area contributed by atoms with Gasteiger partial charge in [0.2, 0.25) is 0 Å². The van der Waals surface area contributed by atoms with Crippen molar-refractivity contribution < 1.29 is 9.72 Å². The quantitative estimate of drug-likeness (QED) is 0.361. The van der Waals surface area contributed by atoms with Crippen molar-refractivity contribution in [3.8, 4) is 0 Å². The zero-order valence-electron chi connectivity index (χ0n) is 10.2. The summed E-state index contributed by atoms with van der Waals surface area (Å²) in [4.78, 5) is 26.4. The van der Waals surface area contributed by atoms with Gasteiger partial charge in [-0.25, -0.2) is 5.84 Å². The summed E-state index contributed by atoms with van der Waals surface area (Å²) in [5.74, 6) is 4.21. The van der Waals surface area contributed by atoms with Gasteiger partial charge in [-0.3, -0.25) is 10.2 Å². The standard InChI is InChI=1S/C9H9BrN6O3S/c1-4-5(2-6(20-4)7(17)13-11)3-15-8(10)12-9(14-15)16(18)19/h2H,3,11H2,1H3,(H,13,17). The summed E-state index contributed by atoms with van der Waals surface area (Å²) in [5.41, 5.74) is 2.87. The number of hydrazine groups is 1. The molecule has 2 heterocycles. The first-order chi connectivity index (χ1) is 9.42. The molecule has 3 N–H and O–H groups in total. The Kier molecular flexibility index (Phi) is 4.11. The van der Waals surface area contributed by atoms with Crippen LogP contribution in [-0.2, 0) is 6.54 Å². The van der Waals surface area contributed by atoms with Gasteiger partial charge in [0.05, 0.1) is 11.4 Å². The Morgan fingerprint density at radius 1 is 1.70 bits per heavy atom. The van der Waals surface area contributed by atoms with Crippen LogP contribution in [0, 0.1) is 17.0 Å². The molecule has 0 unspecified atom stereocenters. The highest BCUT2D eigenvalue weighted by atomic mass is 79.9. The topological polar surface area (TPSA) is 129 Å². The Labute approximate surface area is 125 Å². The molecule has 20 heavy (non-hydrogen) atoms. The minimum atomic E-state index is -0.672. The van der Waals surface area contributed by atoms with Crippen molar-refractivity contribution in [1.29, 1.82) is 0 Å². The van der Waals surface area contributed by atoms with Gasteiger partial charge in [-0.15, -0.1) is 11.3 Å². The third kappa shape index (κ3) is 2.84. The van der Waals surface area contributed by atoms with Gasteiger partial charge in [0.25, 0.3) is 10.6 Å². The second-order valence-corrected chi connectivity index (χ2v) is 5.73. The molecule has 0 atom stereocenters. The molecule has 0 radical (unpaired) electrons. The van der Waals surface area contributed by atoms with Gasteiger partial charge in [0.1, 0.15) is 0 Å². The van der Waals surface area contributed by atoms with Crippen LogP contribution in [0.25, 0.3) is 0 Å². The Hall–Kier alpha value is -1.85. The number of hydrogen-bond acceptors (Lipinski definition) is 7. The van der Waals surface area contributed by atoms with Gasteiger partial charge in [-0.2, -0.15) is 4.68 Å². The first-order valence-electron chi connectivity index (χ1n) is 5.27. The SMILES string of the molecule is Cc1sc(C(=O)NN)cc1Cn1nc([N+](=O)[O-])nc1Br. The van der Waals surface area contributed by atoms with Crippen molar-refractivity contribution in [2.24, 2.45) is 5.84 Å². The maximum atomic E-state index is 11.4. The summed E-state index contributed by atoms with van der Waals surface area (Å²) in [5, 5.41) is 14.4. The Morgan fingerprint density at radius 3 is 2.95 bits per heavy atom. The van der Waals surface area contributed by atoms with Crippen LogP contribution in [0.1, 0.15) is 20.1 Å². The summed E-state index contributed by atoms with van der Waals surface area (Å²) < 4.78 is 1.59. The number of nitrogens with two attached hydrogens (primary N) is 1. The van der Waals surface area contributed by atoms with E-state index in [-0.39, 0.29) is 17.2 Å². The van der Waals surface area contributed by atoms with Crippen LogP contribution in [0.4, 0.5) is 5.95 Å². The number of nitro groups is 1. The fraction of sp³-hybridized carbons (Fsp3) is 0.222. The lowest BCUT2D eigenvalue weighted by Gasteiger charge is -1.96. The van der Waals surface area contributed by atoms with E-state index in [1.54, 1.807) is 6.07 Å². The number of nitrogen functional groups attached to an aromatic ring is 1. The highest BCUT2D eigenvalue weighted by Crippen LogP contribution is 2.23. The summed E-state index contributed by atoms with van der Waals surface area (Å²) in [7, 11) is 0. The van der Waals surface area contributed by atoms with Crippen LogP contribution in [0.15, 0.2) is 10.8 Å². The number of thiophene rings is 1. The number of nitrogens with zero attached hydrogens (tertiary/aromatic N) is 4. The minimum Gasteiger partial charge on any atom is -0.390 e. The number of amides is 1. The van der Waals surface area contributed by atoms with Gasteiger partial charge in [0.15, 0.2) is 0 Å². The number of aromatic nitrogens is 3. The predicted molar refractivity (Wildman–Crippen MR) is 74.2 cm³/mol. The van der Waals surface area contributed by atoms with Crippen molar-refractivity contribution in [2.75, 3.05) is 0 Å². The van der Waals surface area contributed by atoms with Gasteiger partial charge >= 0.3 is 5.95 Å². The molecule has 0 saturated carbocycles. The molecule has 0 saturated heterocycles. The van der Waals surface area contributed by atoms with E-state index in [1.807, 2.05) is 6.92 Å². The molecule has 2 rings (SSSR count). The van der Waals surface area contributed by atoms with E-state index < -0.39 is 10.9 Å². The average molecular weight is 361 g/mol. The van der Waals surface area contributed by atoms with Crippen LogP contribution in [0.5, 0.6) is 0 Å². The summed E-state index contributed by atoms with van der Waals surface area (Å²) >= 11 is 4.39. The van der Waals surface area contributed by atoms with Crippen LogP contribution in [0.2, 0.25) is 0 Å². The lowest BCUT2D eigenvalue weighted by molar-refractivity contribution is -0.394. The molecule has 9 nitrogen and oxygen atoms in total. The number of halogens is 1. The average Bonchev–Trinajstić information content (AvgIpc) is 2.94. The molecule has 0 bridgehead atoms. The first kappa shape index (κ1) is 14.6. The second-order valence-electron chi connectivity index (χ2n) is 3.76. The fourth-order valence-electron chi connectivity index (χ4n) is 1.51. The Bertz CT molecular complexity index is 681. The van der Waals surface area contributed by atoms with E-state index >= 15 is 0 Å². The van der Waals surface area contributed by atoms with E-state index in [0.29, 0.717) is 4.88 Å². The number of hydrogen-bond donors (Lipinski definition) is 2. The molecule has 2 aromatic heterocycles. The minimum absolute atomic E-state index is 0.250. The van der Waals surface area contributed by atoms with E-state index in [2.05, 4.69) is 31.4 Å². The third-order valence-corrected chi connectivity index (χ3v) is 4.15. The van der Waals surface area contributed by atoms with Gasteiger partial charge in [-0.1, -0.05) is 0 Å². The second kappa shape index (κ2) is 5.64. The van der Waals surface area contributed by atoms with Crippen molar-refractivity contribution >= 4 is 39.1 Å². The molecular formula is C9H9BrN6O3S. The van der Waals surface area contributed by atoms with Crippen LogP contribution >= 0.6 is 27.3 Å². The van der Waals surface area contributed by atoms with Crippen molar-refractivity contribution in [3.05, 3.63) is 36.2 Å². The van der Waals surface area contributed by atoms with Crippen LogP contribution in [-0.4, -0.2) is 25.6 Å².